The van der Waals surface area contributed by atoms with Crippen molar-refractivity contribution in [3.63, 3.8) is 0 Å². The van der Waals surface area contributed by atoms with Crippen LogP contribution in [-0.2, 0) is 0 Å². The molecule has 0 aromatic carbocycles. The van der Waals surface area contributed by atoms with Gasteiger partial charge in [-0.2, -0.15) is 0 Å². The predicted molar refractivity (Wildman–Crippen MR) is 25.4 cm³/mol. The number of halogens is 1. The second-order valence-electron chi connectivity index (χ2n) is 0.434. The van der Waals surface area contributed by atoms with Crippen molar-refractivity contribution in [1.29, 1.82) is 0 Å². The summed E-state index contributed by atoms with van der Waals surface area (Å²) in [7, 11) is 0. The molecule has 0 heterocycles. The van der Waals surface area contributed by atoms with E-state index in [9.17, 15) is 0 Å². The Balaban J connectivity index is 2.32. The van der Waals surface area contributed by atoms with Gasteiger partial charge >= 0.3 is 0 Å². The highest BCUT2D eigenvalue weighted by Gasteiger charge is 1.72. The van der Waals surface area contributed by atoms with Crippen LogP contribution >= 0.6 is 22.6 Å². The van der Waals surface area contributed by atoms with Gasteiger partial charge < -0.3 is 5.11 Å². The van der Waals surface area contributed by atoms with Gasteiger partial charge in [0.25, 0.3) is 0 Å². The molecule has 0 aliphatic heterocycles. The van der Waals surface area contributed by atoms with Crippen LogP contribution in [0.25, 0.3) is 0 Å². The Labute approximate surface area is 39.2 Å². The van der Waals surface area contributed by atoms with Gasteiger partial charge in [-0.25, -0.2) is 0 Å². The fourth-order valence-corrected chi connectivity index (χ4v) is 0. The highest BCUT2D eigenvalue weighted by Crippen LogP contribution is 1.86. The van der Waals surface area contributed by atoms with Crippen LogP contribution in [0.5, 0.6) is 0 Å². The van der Waals surface area contributed by atoms with Gasteiger partial charge in [0.1, 0.15) is 4.11 Å². The van der Waals surface area contributed by atoms with E-state index in [0.717, 1.165) is 0 Å². The minimum Gasteiger partial charge on any atom is -0.383 e. The Kier molecular flexibility index (Phi) is 2.30. The molecule has 1 N–H and O–H groups in total. The molecule has 0 aromatic heterocycles. The van der Waals surface area contributed by atoms with Crippen molar-refractivity contribution in [2.75, 3.05) is 0 Å². The first kappa shape index (κ1) is 4.69. The lowest BCUT2D eigenvalue weighted by atomic mass is 10.9. The second-order valence-corrected chi connectivity index (χ2v) is 1.87. The van der Waals surface area contributed by atoms with Crippen LogP contribution in [0.1, 0.15) is 0 Å². The highest BCUT2D eigenvalue weighted by atomic mass is 127. The lowest BCUT2D eigenvalue weighted by molar-refractivity contribution is 0.322. The summed E-state index contributed by atoms with van der Waals surface area (Å²) in [5.74, 6) is 0. The number of hydrogen-bond acceptors (Lipinski definition) is 1. The standard InChI is InChI=1S/C2H4IO/c1-2(3)4/h2,4H,1H2. The van der Waals surface area contributed by atoms with Gasteiger partial charge in [-0.15, -0.1) is 0 Å². The van der Waals surface area contributed by atoms with E-state index in [1.807, 2.05) is 0 Å². The number of aliphatic hydroxyl groups is 1. The van der Waals surface area contributed by atoms with Gasteiger partial charge in [0.05, 0.1) is 0 Å². The van der Waals surface area contributed by atoms with Crippen molar-refractivity contribution < 1.29 is 5.11 Å². The number of aliphatic hydroxyl groups excluding tert-OH is 1. The molecule has 1 nitrogen and oxygen atoms in total. The third-order valence-corrected chi connectivity index (χ3v) is 0. The molecule has 0 aromatic rings. The second kappa shape index (κ2) is 1.96. The van der Waals surface area contributed by atoms with Crippen molar-refractivity contribution in [3.05, 3.63) is 6.92 Å². The largest absolute Gasteiger partial charge is 0.383 e. The maximum absolute atomic E-state index is 7.93. The third kappa shape index (κ3) is 16.1. The molecular formula is C2H4IO. The molecule has 0 spiro atoms. The van der Waals surface area contributed by atoms with Crippen LogP contribution in [0.3, 0.4) is 0 Å². The van der Waals surface area contributed by atoms with Gasteiger partial charge in [0.15, 0.2) is 0 Å². The Morgan fingerprint density at radius 1 is 2.00 bits per heavy atom. The minimum atomic E-state index is -0.447. The summed E-state index contributed by atoms with van der Waals surface area (Å²) in [6.07, 6.45) is 0. The van der Waals surface area contributed by atoms with E-state index < -0.39 is 4.11 Å². The SMILES string of the molecule is [CH2]C(O)I. The summed E-state index contributed by atoms with van der Waals surface area (Å²) >= 11 is 1.79. The molecule has 0 saturated carbocycles. The topological polar surface area (TPSA) is 20.2 Å². The zero-order valence-electron chi connectivity index (χ0n) is 2.11. The van der Waals surface area contributed by atoms with Crippen molar-refractivity contribution in [2.24, 2.45) is 0 Å². The highest BCUT2D eigenvalue weighted by molar-refractivity contribution is 14.1. The summed E-state index contributed by atoms with van der Waals surface area (Å²) in [5, 5.41) is 7.93. The first-order chi connectivity index (χ1) is 1.73. The minimum absolute atomic E-state index is 0.447. The van der Waals surface area contributed by atoms with E-state index in [2.05, 4.69) is 6.92 Å². The number of rotatable bonds is 0. The molecule has 0 amide bonds. The number of alkyl halides is 1. The molecule has 25 valence electrons. The molecule has 1 radical (unpaired) electrons. The van der Waals surface area contributed by atoms with Gasteiger partial charge in [-0.05, 0) is 6.92 Å². The van der Waals surface area contributed by atoms with E-state index in [1.54, 1.807) is 22.6 Å². The third-order valence-electron chi connectivity index (χ3n) is 0. The van der Waals surface area contributed by atoms with Gasteiger partial charge in [0, 0.05) is 0 Å². The maximum Gasteiger partial charge on any atom is 0.105 e. The van der Waals surface area contributed by atoms with Crippen LogP contribution in [-0.4, -0.2) is 9.22 Å². The van der Waals surface area contributed by atoms with Crippen LogP contribution in [0.4, 0.5) is 0 Å². The van der Waals surface area contributed by atoms with E-state index in [1.165, 1.54) is 0 Å². The quantitative estimate of drug-likeness (QED) is 0.417. The van der Waals surface area contributed by atoms with Crippen LogP contribution in [0.2, 0.25) is 0 Å². The van der Waals surface area contributed by atoms with E-state index >= 15 is 0 Å². The van der Waals surface area contributed by atoms with E-state index in [-0.39, 0.29) is 0 Å². The number of hydrogen-bond donors (Lipinski definition) is 1. The van der Waals surface area contributed by atoms with Gasteiger partial charge in [-0.1, -0.05) is 22.6 Å². The summed E-state index contributed by atoms with van der Waals surface area (Å²) in [5.41, 5.74) is 0. The van der Waals surface area contributed by atoms with E-state index in [0.29, 0.717) is 0 Å². The Bertz CT molecular complexity index is 10.8. The first-order valence-electron chi connectivity index (χ1n) is 0.885. The molecule has 0 fully saturated rings. The Hall–Kier alpha value is 0.690. The van der Waals surface area contributed by atoms with Gasteiger partial charge in [0.2, 0.25) is 0 Å². The molecule has 0 aliphatic rings. The zero-order valence-corrected chi connectivity index (χ0v) is 4.27. The van der Waals surface area contributed by atoms with Crippen molar-refractivity contribution in [2.45, 2.75) is 4.11 Å². The average molecular weight is 171 g/mol. The lowest BCUT2D eigenvalue weighted by Gasteiger charge is -1.77. The van der Waals surface area contributed by atoms with Crippen molar-refractivity contribution in [3.8, 4) is 0 Å². The predicted octanol–water partition coefficient (Wildman–Crippen LogP) is 0.574. The molecular weight excluding hydrogens is 167 g/mol. The fraction of sp³-hybridized carbons (Fsp3) is 0.500. The smallest absolute Gasteiger partial charge is 0.105 e. The molecule has 0 bridgehead atoms. The fourth-order valence-electron chi connectivity index (χ4n) is 0. The van der Waals surface area contributed by atoms with Crippen LogP contribution in [0, 0.1) is 6.92 Å². The normalized spacial score (nSPS) is 15.8. The van der Waals surface area contributed by atoms with Gasteiger partial charge in [-0.3, -0.25) is 0 Å². The molecule has 4 heavy (non-hydrogen) atoms. The van der Waals surface area contributed by atoms with Crippen LogP contribution in [0.15, 0.2) is 0 Å². The van der Waals surface area contributed by atoms with Crippen LogP contribution < -0.4 is 0 Å². The summed E-state index contributed by atoms with van der Waals surface area (Å²) in [6, 6.07) is 0. The van der Waals surface area contributed by atoms with Crippen molar-refractivity contribution in [1.82, 2.24) is 0 Å². The monoisotopic (exact) mass is 171 g/mol. The first-order valence-corrected chi connectivity index (χ1v) is 2.13. The lowest BCUT2D eigenvalue weighted by Crippen LogP contribution is -1.78. The zero-order chi connectivity index (χ0) is 3.58. The Morgan fingerprint density at radius 3 is 2.00 bits per heavy atom. The van der Waals surface area contributed by atoms with E-state index in [4.69, 9.17) is 5.11 Å². The molecule has 2 heteroatoms. The molecule has 0 saturated heterocycles. The van der Waals surface area contributed by atoms with Crippen molar-refractivity contribution >= 4 is 22.6 Å². The summed E-state index contributed by atoms with van der Waals surface area (Å²) in [4.78, 5) is 0. The molecule has 0 aliphatic carbocycles. The Morgan fingerprint density at radius 2 is 2.00 bits per heavy atom. The summed E-state index contributed by atoms with van der Waals surface area (Å²) in [6.45, 7) is 3.18. The molecule has 1 atom stereocenters. The molecule has 0 rings (SSSR count). The average Bonchev–Trinajstić information content (AvgIpc) is 0.811. The molecule has 1 unspecified atom stereocenters. The summed E-state index contributed by atoms with van der Waals surface area (Å²) < 4.78 is -0.447. The maximum atomic E-state index is 7.93.